The van der Waals surface area contributed by atoms with Gasteiger partial charge in [-0.1, -0.05) is 49.4 Å². The van der Waals surface area contributed by atoms with Crippen LogP contribution in [-0.2, 0) is 6.42 Å². The van der Waals surface area contributed by atoms with Crippen LogP contribution in [0.1, 0.15) is 12.5 Å². The molecule has 1 heteroatoms. The zero-order valence-corrected chi connectivity index (χ0v) is 10.8. The third-order valence-electron chi connectivity index (χ3n) is 3.85. The van der Waals surface area contributed by atoms with Crippen LogP contribution >= 0.6 is 0 Å². The molecular formula is C18H14O. The highest BCUT2D eigenvalue weighted by Gasteiger charge is 2.12. The Labute approximate surface area is 111 Å². The average Bonchev–Trinajstić information content (AvgIpc) is 2.82. The molecular weight excluding hydrogens is 232 g/mol. The Hall–Kier alpha value is -2.28. The van der Waals surface area contributed by atoms with Crippen LogP contribution in [0.25, 0.3) is 32.7 Å². The lowest BCUT2D eigenvalue weighted by molar-refractivity contribution is 0.669. The third kappa shape index (κ3) is 1.42. The summed E-state index contributed by atoms with van der Waals surface area (Å²) in [4.78, 5) is 0. The van der Waals surface area contributed by atoms with E-state index < -0.39 is 0 Å². The molecule has 0 saturated heterocycles. The molecule has 0 N–H and O–H groups in total. The van der Waals surface area contributed by atoms with Crippen molar-refractivity contribution in [3.05, 3.63) is 60.2 Å². The van der Waals surface area contributed by atoms with E-state index in [-0.39, 0.29) is 0 Å². The highest BCUT2D eigenvalue weighted by molar-refractivity contribution is 6.12. The Bertz CT molecular complexity index is 899. The van der Waals surface area contributed by atoms with Crippen molar-refractivity contribution >= 4 is 32.7 Å². The molecule has 0 unspecified atom stereocenters. The summed E-state index contributed by atoms with van der Waals surface area (Å²) in [5.74, 6) is 0. The first-order valence-corrected chi connectivity index (χ1v) is 6.70. The van der Waals surface area contributed by atoms with Gasteiger partial charge in [0, 0.05) is 10.8 Å². The van der Waals surface area contributed by atoms with Gasteiger partial charge in [-0.25, -0.2) is 0 Å². The second-order valence-electron chi connectivity index (χ2n) is 4.90. The van der Waals surface area contributed by atoms with Crippen LogP contribution in [0, 0.1) is 0 Å². The van der Waals surface area contributed by atoms with Crippen molar-refractivity contribution in [1.29, 1.82) is 0 Å². The highest BCUT2D eigenvalue weighted by atomic mass is 16.3. The molecule has 1 aromatic heterocycles. The van der Waals surface area contributed by atoms with E-state index in [1.807, 2.05) is 12.1 Å². The number of para-hydroxylation sites is 1. The van der Waals surface area contributed by atoms with Gasteiger partial charge in [0.05, 0.1) is 0 Å². The van der Waals surface area contributed by atoms with Gasteiger partial charge >= 0.3 is 0 Å². The van der Waals surface area contributed by atoms with E-state index in [0.717, 1.165) is 17.6 Å². The zero-order chi connectivity index (χ0) is 12.8. The number of rotatable bonds is 1. The molecule has 0 bridgehead atoms. The number of hydrogen-bond acceptors (Lipinski definition) is 1. The van der Waals surface area contributed by atoms with Crippen LogP contribution in [-0.4, -0.2) is 0 Å². The lowest BCUT2D eigenvalue weighted by Gasteiger charge is -2.06. The van der Waals surface area contributed by atoms with Gasteiger partial charge < -0.3 is 4.42 Å². The Morgan fingerprint density at radius 1 is 0.842 bits per heavy atom. The summed E-state index contributed by atoms with van der Waals surface area (Å²) in [6.07, 6.45) is 1.02. The minimum atomic E-state index is 0.975. The topological polar surface area (TPSA) is 13.1 Å². The fourth-order valence-electron chi connectivity index (χ4n) is 3.02. The summed E-state index contributed by atoms with van der Waals surface area (Å²) in [7, 11) is 0. The van der Waals surface area contributed by atoms with Crippen molar-refractivity contribution in [2.45, 2.75) is 13.3 Å². The fourth-order valence-corrected chi connectivity index (χ4v) is 3.02. The maximum absolute atomic E-state index is 6.00. The van der Waals surface area contributed by atoms with Crippen molar-refractivity contribution in [3.8, 4) is 0 Å². The van der Waals surface area contributed by atoms with Crippen molar-refractivity contribution < 1.29 is 4.42 Å². The molecule has 19 heavy (non-hydrogen) atoms. The highest BCUT2D eigenvalue weighted by Crippen LogP contribution is 2.36. The van der Waals surface area contributed by atoms with Crippen molar-refractivity contribution in [2.75, 3.05) is 0 Å². The summed E-state index contributed by atoms with van der Waals surface area (Å²) >= 11 is 0. The predicted octanol–water partition coefficient (Wildman–Crippen LogP) is 5.30. The largest absolute Gasteiger partial charge is 0.456 e. The van der Waals surface area contributed by atoms with E-state index in [1.165, 1.54) is 27.1 Å². The Balaban J connectivity index is 2.33. The van der Waals surface area contributed by atoms with E-state index in [9.17, 15) is 0 Å². The number of benzene rings is 3. The standard InChI is InChI=1S/C18H14O/c1-2-13-14-8-4-3-7-12(14)11-17-18(13)15-9-5-6-10-16(15)19-17/h3-11H,2H2,1H3. The van der Waals surface area contributed by atoms with Crippen molar-refractivity contribution in [3.63, 3.8) is 0 Å². The zero-order valence-electron chi connectivity index (χ0n) is 10.8. The Kier molecular flexibility index (Phi) is 2.16. The second kappa shape index (κ2) is 3.86. The summed E-state index contributed by atoms with van der Waals surface area (Å²) in [5.41, 5.74) is 3.36. The lowest BCUT2D eigenvalue weighted by Crippen LogP contribution is -1.85. The molecule has 0 amide bonds. The molecule has 0 spiro atoms. The van der Waals surface area contributed by atoms with Crippen LogP contribution < -0.4 is 0 Å². The second-order valence-corrected chi connectivity index (χ2v) is 4.90. The first kappa shape index (κ1) is 10.6. The number of fused-ring (bicyclic) bond motifs is 4. The van der Waals surface area contributed by atoms with Gasteiger partial charge in [-0.15, -0.1) is 0 Å². The molecule has 0 saturated carbocycles. The average molecular weight is 246 g/mol. The maximum atomic E-state index is 6.00. The molecule has 4 aromatic rings. The van der Waals surface area contributed by atoms with E-state index in [2.05, 4.69) is 49.4 Å². The van der Waals surface area contributed by atoms with Crippen molar-refractivity contribution in [1.82, 2.24) is 0 Å². The number of aryl methyl sites for hydroxylation is 1. The van der Waals surface area contributed by atoms with E-state index in [1.54, 1.807) is 0 Å². The van der Waals surface area contributed by atoms with Gasteiger partial charge in [0.1, 0.15) is 11.2 Å². The summed E-state index contributed by atoms with van der Waals surface area (Å²) in [6, 6.07) is 19.0. The Morgan fingerprint density at radius 3 is 2.42 bits per heavy atom. The third-order valence-corrected chi connectivity index (χ3v) is 3.85. The molecule has 0 aliphatic carbocycles. The molecule has 0 fully saturated rings. The smallest absolute Gasteiger partial charge is 0.136 e. The van der Waals surface area contributed by atoms with Gasteiger partial charge in [0.25, 0.3) is 0 Å². The van der Waals surface area contributed by atoms with Gasteiger partial charge in [0.2, 0.25) is 0 Å². The fraction of sp³-hybridized carbons (Fsp3) is 0.111. The van der Waals surface area contributed by atoms with E-state index in [0.29, 0.717) is 0 Å². The summed E-state index contributed by atoms with van der Waals surface area (Å²) < 4.78 is 6.00. The molecule has 0 radical (unpaired) electrons. The Morgan fingerprint density at radius 2 is 1.58 bits per heavy atom. The molecule has 0 aliphatic rings. The normalized spacial score (nSPS) is 11.6. The van der Waals surface area contributed by atoms with Crippen LogP contribution in [0.15, 0.2) is 59.0 Å². The van der Waals surface area contributed by atoms with Crippen molar-refractivity contribution in [2.24, 2.45) is 0 Å². The molecule has 1 heterocycles. The van der Waals surface area contributed by atoms with Crippen LogP contribution in [0.3, 0.4) is 0 Å². The van der Waals surface area contributed by atoms with Gasteiger partial charge in [-0.2, -0.15) is 0 Å². The monoisotopic (exact) mass is 246 g/mol. The van der Waals surface area contributed by atoms with Gasteiger partial charge in [0.15, 0.2) is 0 Å². The predicted molar refractivity (Wildman–Crippen MR) is 80.6 cm³/mol. The number of furan rings is 1. The summed E-state index contributed by atoms with van der Waals surface area (Å²) in [6.45, 7) is 2.21. The molecule has 1 nitrogen and oxygen atoms in total. The first-order valence-electron chi connectivity index (χ1n) is 6.70. The number of hydrogen-bond donors (Lipinski definition) is 0. The lowest BCUT2D eigenvalue weighted by atomic mass is 9.97. The van der Waals surface area contributed by atoms with Crippen LogP contribution in [0.2, 0.25) is 0 Å². The van der Waals surface area contributed by atoms with Crippen LogP contribution in [0.4, 0.5) is 0 Å². The minimum Gasteiger partial charge on any atom is -0.456 e. The van der Waals surface area contributed by atoms with Crippen LogP contribution in [0.5, 0.6) is 0 Å². The van der Waals surface area contributed by atoms with Gasteiger partial charge in [-0.05, 0) is 34.9 Å². The quantitative estimate of drug-likeness (QED) is 0.444. The molecule has 0 aliphatic heterocycles. The SMILES string of the molecule is CCc1c2ccccc2cc2oc3ccccc3c12. The molecule has 92 valence electrons. The molecule has 0 atom stereocenters. The molecule has 3 aromatic carbocycles. The van der Waals surface area contributed by atoms with E-state index >= 15 is 0 Å². The van der Waals surface area contributed by atoms with E-state index in [4.69, 9.17) is 4.42 Å². The summed E-state index contributed by atoms with van der Waals surface area (Å²) in [5, 5.41) is 5.09. The minimum absolute atomic E-state index is 0.975. The van der Waals surface area contributed by atoms with Gasteiger partial charge in [-0.3, -0.25) is 0 Å². The molecule has 4 rings (SSSR count). The first-order chi connectivity index (χ1) is 9.38. The maximum Gasteiger partial charge on any atom is 0.136 e.